The van der Waals surface area contributed by atoms with Gasteiger partial charge in [0.1, 0.15) is 5.82 Å². The van der Waals surface area contributed by atoms with Gasteiger partial charge in [0.25, 0.3) is 0 Å². The topological polar surface area (TPSA) is 38.1 Å². The molecule has 0 radical (unpaired) electrons. The molecule has 1 aromatic heterocycles. The second-order valence-electron chi connectivity index (χ2n) is 6.56. The molecule has 0 spiro atoms. The maximum Gasteiger partial charge on any atom is 0.226 e. The van der Waals surface area contributed by atoms with Gasteiger partial charge in [0.05, 0.1) is 12.6 Å². The third-order valence-electron chi connectivity index (χ3n) is 5.00. The number of rotatable bonds is 4. The van der Waals surface area contributed by atoms with Crippen LogP contribution in [0.25, 0.3) is 0 Å². The van der Waals surface area contributed by atoms with E-state index in [-0.39, 0.29) is 29.6 Å². The van der Waals surface area contributed by atoms with Crippen molar-refractivity contribution in [2.75, 3.05) is 6.54 Å². The van der Waals surface area contributed by atoms with E-state index < -0.39 is 0 Å². The van der Waals surface area contributed by atoms with Crippen molar-refractivity contribution in [3.8, 4) is 0 Å². The number of halogens is 1. The quantitative estimate of drug-likeness (QED) is 0.870. The van der Waals surface area contributed by atoms with Crippen LogP contribution >= 0.6 is 0 Å². The molecular weight excluding hydrogens is 293 g/mol. The standard InChI is InChI=1S/C18H20FN3O/c19-14-5-1-4-13(10-14)16-11-17(16)18(23)22-9-2-6-15(22)12-21-8-3-7-20-21/h1,3-5,7-8,10,15-17H,2,6,9,11-12H2/t15-,16-,17-/m1/s1. The van der Waals surface area contributed by atoms with Crippen LogP contribution in [-0.2, 0) is 11.3 Å². The molecular formula is C18H20FN3O. The number of hydrogen-bond acceptors (Lipinski definition) is 2. The number of carbonyl (C=O) groups excluding carboxylic acids is 1. The Labute approximate surface area is 134 Å². The molecule has 2 fully saturated rings. The minimum atomic E-state index is -0.224. The molecule has 2 heterocycles. The zero-order valence-corrected chi connectivity index (χ0v) is 12.9. The number of nitrogens with zero attached hydrogens (tertiary/aromatic N) is 3. The van der Waals surface area contributed by atoms with Crippen LogP contribution in [-0.4, -0.2) is 33.2 Å². The summed E-state index contributed by atoms with van der Waals surface area (Å²) in [6.07, 6.45) is 6.63. The van der Waals surface area contributed by atoms with E-state index in [1.54, 1.807) is 18.3 Å². The molecule has 2 aliphatic rings. The van der Waals surface area contributed by atoms with Crippen LogP contribution in [0.2, 0.25) is 0 Å². The van der Waals surface area contributed by atoms with Crippen LogP contribution in [0.1, 0.15) is 30.7 Å². The molecule has 1 aliphatic carbocycles. The molecule has 1 saturated heterocycles. The second-order valence-corrected chi connectivity index (χ2v) is 6.56. The minimum Gasteiger partial charge on any atom is -0.338 e. The predicted octanol–water partition coefficient (Wildman–Crippen LogP) is 2.82. The van der Waals surface area contributed by atoms with Gasteiger partial charge in [-0.1, -0.05) is 12.1 Å². The van der Waals surface area contributed by atoms with Crippen molar-refractivity contribution in [2.24, 2.45) is 5.92 Å². The van der Waals surface area contributed by atoms with Gasteiger partial charge in [-0.2, -0.15) is 5.10 Å². The van der Waals surface area contributed by atoms with Crippen molar-refractivity contribution in [2.45, 2.75) is 37.8 Å². The van der Waals surface area contributed by atoms with Gasteiger partial charge in [-0.3, -0.25) is 9.48 Å². The van der Waals surface area contributed by atoms with Gasteiger partial charge in [0, 0.05) is 24.9 Å². The van der Waals surface area contributed by atoms with Gasteiger partial charge in [0.15, 0.2) is 0 Å². The van der Waals surface area contributed by atoms with Gasteiger partial charge < -0.3 is 4.90 Å². The van der Waals surface area contributed by atoms with Crippen molar-refractivity contribution < 1.29 is 9.18 Å². The lowest BCUT2D eigenvalue weighted by atomic mass is 10.1. The van der Waals surface area contributed by atoms with Crippen molar-refractivity contribution in [3.63, 3.8) is 0 Å². The zero-order valence-electron chi connectivity index (χ0n) is 12.9. The normalized spacial score (nSPS) is 26.5. The number of aromatic nitrogens is 2. The molecule has 1 aromatic carbocycles. The Balaban J connectivity index is 1.43. The van der Waals surface area contributed by atoms with Gasteiger partial charge in [0.2, 0.25) is 5.91 Å². The molecule has 23 heavy (non-hydrogen) atoms. The lowest BCUT2D eigenvalue weighted by molar-refractivity contribution is -0.133. The first kappa shape index (κ1) is 14.4. The molecule has 0 bridgehead atoms. The minimum absolute atomic E-state index is 0.0232. The third-order valence-corrected chi connectivity index (χ3v) is 5.00. The molecule has 1 aliphatic heterocycles. The van der Waals surface area contributed by atoms with E-state index in [1.807, 2.05) is 27.9 Å². The fourth-order valence-corrected chi connectivity index (χ4v) is 3.73. The number of carbonyl (C=O) groups is 1. The first-order chi connectivity index (χ1) is 11.2. The van der Waals surface area contributed by atoms with E-state index >= 15 is 0 Å². The van der Waals surface area contributed by atoms with Gasteiger partial charge in [-0.15, -0.1) is 0 Å². The smallest absolute Gasteiger partial charge is 0.226 e. The molecule has 3 atom stereocenters. The maximum atomic E-state index is 13.4. The lowest BCUT2D eigenvalue weighted by Gasteiger charge is -2.25. The van der Waals surface area contributed by atoms with Crippen LogP contribution in [0, 0.1) is 11.7 Å². The Morgan fingerprint density at radius 3 is 3.04 bits per heavy atom. The van der Waals surface area contributed by atoms with Crippen LogP contribution in [0.5, 0.6) is 0 Å². The highest BCUT2D eigenvalue weighted by atomic mass is 19.1. The first-order valence-electron chi connectivity index (χ1n) is 8.26. The van der Waals surface area contributed by atoms with E-state index in [2.05, 4.69) is 5.10 Å². The van der Waals surface area contributed by atoms with Gasteiger partial charge in [-0.25, -0.2) is 4.39 Å². The Morgan fingerprint density at radius 1 is 1.35 bits per heavy atom. The Morgan fingerprint density at radius 2 is 2.26 bits per heavy atom. The summed E-state index contributed by atoms with van der Waals surface area (Å²) in [6.45, 7) is 1.59. The summed E-state index contributed by atoms with van der Waals surface area (Å²) < 4.78 is 15.2. The number of likely N-dealkylation sites (tertiary alicyclic amines) is 1. The largest absolute Gasteiger partial charge is 0.338 e. The van der Waals surface area contributed by atoms with E-state index in [9.17, 15) is 9.18 Å². The van der Waals surface area contributed by atoms with E-state index in [0.717, 1.165) is 37.9 Å². The monoisotopic (exact) mass is 313 g/mol. The average Bonchev–Trinajstić information content (AvgIpc) is 2.94. The summed E-state index contributed by atoms with van der Waals surface area (Å²) in [6, 6.07) is 8.79. The van der Waals surface area contributed by atoms with Crippen molar-refractivity contribution in [1.82, 2.24) is 14.7 Å². The summed E-state index contributed by atoms with van der Waals surface area (Å²) in [5.74, 6) is 0.214. The van der Waals surface area contributed by atoms with Crippen molar-refractivity contribution in [1.29, 1.82) is 0 Å². The van der Waals surface area contributed by atoms with Crippen molar-refractivity contribution in [3.05, 3.63) is 54.1 Å². The predicted molar refractivity (Wildman–Crippen MR) is 84.2 cm³/mol. The van der Waals surface area contributed by atoms with Gasteiger partial charge >= 0.3 is 0 Å². The molecule has 5 heteroatoms. The highest BCUT2D eigenvalue weighted by molar-refractivity contribution is 5.83. The Bertz CT molecular complexity index is 700. The molecule has 120 valence electrons. The summed E-state index contributed by atoms with van der Waals surface area (Å²) in [5, 5.41) is 4.24. The van der Waals surface area contributed by atoms with E-state index in [1.165, 1.54) is 6.07 Å². The maximum absolute atomic E-state index is 13.4. The van der Waals surface area contributed by atoms with E-state index in [0.29, 0.717) is 0 Å². The Hall–Kier alpha value is -2.17. The fraction of sp³-hybridized carbons (Fsp3) is 0.444. The molecule has 2 aromatic rings. The highest BCUT2D eigenvalue weighted by Gasteiger charge is 2.47. The number of benzene rings is 1. The van der Waals surface area contributed by atoms with Crippen LogP contribution in [0.4, 0.5) is 4.39 Å². The van der Waals surface area contributed by atoms with Crippen molar-refractivity contribution >= 4 is 5.91 Å². The summed E-state index contributed by atoms with van der Waals surface area (Å²) in [5.41, 5.74) is 0.950. The molecule has 0 unspecified atom stereocenters. The SMILES string of the molecule is O=C([C@@H]1C[C@@H]1c1cccc(F)c1)N1CCC[C@@H]1Cn1cccn1. The molecule has 1 amide bonds. The highest BCUT2D eigenvalue weighted by Crippen LogP contribution is 2.49. The fourth-order valence-electron chi connectivity index (χ4n) is 3.73. The second kappa shape index (κ2) is 5.80. The number of hydrogen-bond donors (Lipinski definition) is 0. The lowest BCUT2D eigenvalue weighted by Crippen LogP contribution is -2.39. The summed E-state index contributed by atoms with van der Waals surface area (Å²) in [7, 11) is 0. The van der Waals surface area contributed by atoms with Crippen LogP contribution in [0.15, 0.2) is 42.7 Å². The molecule has 1 saturated carbocycles. The Kier molecular flexibility index (Phi) is 3.63. The molecule has 0 N–H and O–H groups in total. The zero-order chi connectivity index (χ0) is 15.8. The van der Waals surface area contributed by atoms with Gasteiger partial charge in [-0.05, 0) is 48.9 Å². The summed E-state index contributed by atoms with van der Waals surface area (Å²) >= 11 is 0. The first-order valence-corrected chi connectivity index (χ1v) is 8.26. The van der Waals surface area contributed by atoms with Crippen LogP contribution in [0.3, 0.4) is 0 Å². The average molecular weight is 313 g/mol. The number of amides is 1. The molecule has 4 nitrogen and oxygen atoms in total. The summed E-state index contributed by atoms with van der Waals surface area (Å²) in [4.78, 5) is 14.8. The third kappa shape index (κ3) is 2.87. The van der Waals surface area contributed by atoms with Crippen LogP contribution < -0.4 is 0 Å². The molecule has 4 rings (SSSR count). The van der Waals surface area contributed by atoms with E-state index in [4.69, 9.17) is 0 Å².